The van der Waals surface area contributed by atoms with Crippen LogP contribution in [0.15, 0.2) is 0 Å². The summed E-state index contributed by atoms with van der Waals surface area (Å²) in [4.78, 5) is 11.9. The van der Waals surface area contributed by atoms with E-state index in [1.807, 2.05) is 0 Å². The van der Waals surface area contributed by atoms with Gasteiger partial charge in [0, 0.05) is 6.42 Å². The van der Waals surface area contributed by atoms with Gasteiger partial charge in [0.1, 0.15) is 55.4 Å². The predicted octanol–water partition coefficient (Wildman–Crippen LogP) is 0.943. The number of ether oxygens (including phenoxy) is 4. The summed E-state index contributed by atoms with van der Waals surface area (Å²) in [7, 11) is 0. The van der Waals surface area contributed by atoms with E-state index in [-0.39, 0.29) is 0 Å². The van der Waals surface area contributed by atoms with Crippen LogP contribution in [0.4, 0.5) is 74.6 Å². The molecule has 0 aromatic rings. The maximum atomic E-state index is 14.1. The molecule has 0 aromatic heterocycles. The number of rotatable bonds is 14. The van der Waals surface area contributed by atoms with E-state index in [1.165, 1.54) is 0 Å². The zero-order valence-corrected chi connectivity index (χ0v) is 24.7. The van der Waals surface area contributed by atoms with Gasteiger partial charge in [0.2, 0.25) is 0 Å². The Hall–Kier alpha value is -2.12. The number of halogens is 17. The number of alkyl halides is 17. The Labute approximate surface area is 276 Å². The molecule has 12 nitrogen and oxygen atoms in total. The molecular formula is C23H25F17O12. The Bertz CT molecular complexity index is 1240. The first kappa shape index (κ1) is 46.0. The second kappa shape index (κ2) is 14.8. The van der Waals surface area contributed by atoms with Crippen LogP contribution in [0.2, 0.25) is 0 Å². The largest absolute Gasteiger partial charge is 0.463 e. The molecule has 2 aliphatic rings. The average molecular weight is 816 g/mol. The summed E-state index contributed by atoms with van der Waals surface area (Å²) in [5.74, 6) is -60.4. The number of carbonyl (C=O) groups excluding carboxylic acids is 1. The summed E-state index contributed by atoms with van der Waals surface area (Å²) in [5, 5.41) is 68.9. The maximum absolute atomic E-state index is 14.1. The fourth-order valence-electron chi connectivity index (χ4n) is 4.34. The van der Waals surface area contributed by atoms with E-state index in [2.05, 4.69) is 4.74 Å². The highest BCUT2D eigenvalue weighted by molar-refractivity contribution is 5.69. The van der Waals surface area contributed by atoms with Crippen molar-refractivity contribution < 1.29 is 134 Å². The molecule has 0 radical (unpaired) electrons. The maximum Gasteiger partial charge on any atom is 0.460 e. The molecule has 0 aromatic carbocycles. The van der Waals surface area contributed by atoms with Crippen LogP contribution >= 0.6 is 0 Å². The standard InChI is InChI=1S/C23H25F17O12/c24-16(25,17(26,27)18(28,29)19(30,31)20(32,33)21(34,35)22(36,37)23(38,39)40)2-1-7(42)49-4-6-9(44)11(46)13(48)15(51-6)52-14-12(47)10(45)8(43)5(3-41)50-14/h5-6,8-15,41,43-48H,1-4H2/t5-,6-,8-,9-,10+,11+,12-,13-,14-,15-/m1/s1. The van der Waals surface area contributed by atoms with Gasteiger partial charge in [-0.05, 0) is 0 Å². The second-order valence-electron chi connectivity index (χ2n) is 11.2. The van der Waals surface area contributed by atoms with Crippen LogP contribution in [0, 0.1) is 0 Å². The number of aliphatic hydroxyl groups is 7. The first-order valence-electron chi connectivity index (χ1n) is 13.6. The molecule has 0 aliphatic carbocycles. The molecule has 2 saturated heterocycles. The van der Waals surface area contributed by atoms with Crippen LogP contribution < -0.4 is 0 Å². The summed E-state index contributed by atoms with van der Waals surface area (Å²) >= 11 is 0. The predicted molar refractivity (Wildman–Crippen MR) is 122 cm³/mol. The third-order valence-corrected chi connectivity index (χ3v) is 7.62. The lowest BCUT2D eigenvalue weighted by atomic mass is 9.88. The van der Waals surface area contributed by atoms with E-state index in [4.69, 9.17) is 14.2 Å². The highest BCUT2D eigenvalue weighted by Gasteiger charge is 2.95. The lowest BCUT2D eigenvalue weighted by Crippen LogP contribution is -2.74. The Balaban J connectivity index is 2.17. The third-order valence-electron chi connectivity index (χ3n) is 7.62. The molecule has 52 heavy (non-hydrogen) atoms. The molecule has 0 spiro atoms. The van der Waals surface area contributed by atoms with Crippen molar-refractivity contribution >= 4 is 5.97 Å². The van der Waals surface area contributed by atoms with Gasteiger partial charge in [0.05, 0.1) is 13.0 Å². The second-order valence-corrected chi connectivity index (χ2v) is 11.2. The summed E-state index contributed by atoms with van der Waals surface area (Å²) in [6.45, 7) is -2.52. The number of hydrogen-bond donors (Lipinski definition) is 7. The fraction of sp³-hybridized carbons (Fsp3) is 0.957. The van der Waals surface area contributed by atoms with Crippen LogP contribution in [0.3, 0.4) is 0 Å². The summed E-state index contributed by atoms with van der Waals surface area (Å²) in [5.41, 5.74) is 0. The van der Waals surface area contributed by atoms with Crippen molar-refractivity contribution in [3.8, 4) is 0 Å². The molecule has 7 N–H and O–H groups in total. The van der Waals surface area contributed by atoms with Crippen molar-refractivity contribution in [2.24, 2.45) is 0 Å². The van der Waals surface area contributed by atoms with Crippen LogP contribution in [0.1, 0.15) is 12.8 Å². The molecule has 308 valence electrons. The van der Waals surface area contributed by atoms with E-state index in [0.717, 1.165) is 0 Å². The Kier molecular flexibility index (Phi) is 13.1. The van der Waals surface area contributed by atoms with Gasteiger partial charge in [-0.25, -0.2) is 0 Å². The SMILES string of the molecule is O=C(CCC(F)(F)C(F)(F)C(F)(F)C(F)(F)C(F)(F)C(F)(F)C(F)(F)C(F)(F)F)OC[C@H]1O[C@H](O[C@H]2O[C@H](CO)[C@@H](O)[C@H](O)[C@H]2O)[C@H](O)[C@@H](O)[C@@H]1O. The molecule has 0 saturated carbocycles. The van der Waals surface area contributed by atoms with E-state index in [1.54, 1.807) is 0 Å². The Morgan fingerprint density at radius 3 is 1.29 bits per heavy atom. The van der Waals surface area contributed by atoms with Gasteiger partial charge in [0.25, 0.3) is 0 Å². The van der Waals surface area contributed by atoms with Crippen molar-refractivity contribution in [3.05, 3.63) is 0 Å². The highest BCUT2D eigenvalue weighted by Crippen LogP contribution is 2.64. The van der Waals surface area contributed by atoms with Gasteiger partial charge < -0.3 is 54.7 Å². The van der Waals surface area contributed by atoms with E-state index < -0.39 is 141 Å². The van der Waals surface area contributed by atoms with Gasteiger partial charge in [-0.15, -0.1) is 0 Å². The zero-order chi connectivity index (χ0) is 41.0. The fourth-order valence-corrected chi connectivity index (χ4v) is 4.34. The molecule has 2 fully saturated rings. The molecule has 2 heterocycles. The number of esters is 1. The monoisotopic (exact) mass is 816 g/mol. The van der Waals surface area contributed by atoms with Crippen molar-refractivity contribution in [1.82, 2.24) is 0 Å². The quantitative estimate of drug-likeness (QED) is 0.0971. The third kappa shape index (κ3) is 7.57. The molecule has 29 heteroatoms. The normalized spacial score (nSPS) is 32.2. The molecule has 0 unspecified atom stereocenters. The lowest BCUT2D eigenvalue weighted by molar-refractivity contribution is -0.461. The van der Waals surface area contributed by atoms with Crippen LogP contribution in [-0.4, -0.2) is 164 Å². The topological polar surface area (TPSA) is 196 Å². The van der Waals surface area contributed by atoms with Crippen LogP contribution in [0.25, 0.3) is 0 Å². The number of aliphatic hydroxyl groups excluding tert-OH is 7. The van der Waals surface area contributed by atoms with Gasteiger partial charge in [-0.2, -0.15) is 74.6 Å². The molecule has 0 bridgehead atoms. The Morgan fingerprint density at radius 1 is 0.519 bits per heavy atom. The van der Waals surface area contributed by atoms with E-state index in [0.29, 0.717) is 0 Å². The summed E-state index contributed by atoms with van der Waals surface area (Å²) in [6, 6.07) is 0. The van der Waals surface area contributed by atoms with Crippen molar-refractivity contribution in [1.29, 1.82) is 0 Å². The minimum atomic E-state index is -8.83. The lowest BCUT2D eigenvalue weighted by Gasteiger charge is -2.44. The van der Waals surface area contributed by atoms with Crippen LogP contribution in [0.5, 0.6) is 0 Å². The number of hydrogen-bond acceptors (Lipinski definition) is 12. The van der Waals surface area contributed by atoms with E-state index >= 15 is 0 Å². The van der Waals surface area contributed by atoms with Gasteiger partial charge in [0.15, 0.2) is 12.6 Å². The highest BCUT2D eigenvalue weighted by atomic mass is 19.4. The van der Waals surface area contributed by atoms with Crippen molar-refractivity contribution in [2.45, 2.75) is 122 Å². The van der Waals surface area contributed by atoms with Gasteiger partial charge in [-0.3, -0.25) is 4.79 Å². The summed E-state index contributed by atoms with van der Waals surface area (Å²) < 4.78 is 247. The summed E-state index contributed by atoms with van der Waals surface area (Å²) in [6.07, 6.45) is -34.8. The van der Waals surface area contributed by atoms with E-state index in [9.17, 15) is 115 Å². The smallest absolute Gasteiger partial charge is 0.460 e. The minimum absolute atomic E-state index is 1.01. The molecule has 2 aliphatic heterocycles. The average Bonchev–Trinajstić information content (AvgIpc) is 3.02. The zero-order valence-electron chi connectivity index (χ0n) is 24.7. The van der Waals surface area contributed by atoms with Crippen LogP contribution in [-0.2, 0) is 23.7 Å². The van der Waals surface area contributed by atoms with Crippen molar-refractivity contribution in [3.63, 3.8) is 0 Å². The Morgan fingerprint density at radius 2 is 0.885 bits per heavy atom. The molecular weight excluding hydrogens is 791 g/mol. The van der Waals surface area contributed by atoms with Gasteiger partial charge in [-0.1, -0.05) is 0 Å². The molecule has 2 rings (SSSR count). The minimum Gasteiger partial charge on any atom is -0.463 e. The first-order valence-corrected chi connectivity index (χ1v) is 13.6. The first-order chi connectivity index (χ1) is 23.1. The van der Waals surface area contributed by atoms with Crippen molar-refractivity contribution in [2.75, 3.05) is 13.2 Å². The number of carbonyl (C=O) groups is 1. The molecule has 10 atom stereocenters. The van der Waals surface area contributed by atoms with Gasteiger partial charge >= 0.3 is 53.6 Å². The molecule has 0 amide bonds.